The van der Waals surface area contributed by atoms with Crippen molar-refractivity contribution in [3.63, 3.8) is 0 Å². The lowest BCUT2D eigenvalue weighted by Gasteiger charge is -2.14. The molecule has 0 aromatic heterocycles. The summed E-state index contributed by atoms with van der Waals surface area (Å²) in [5.74, 6) is -0.0292. The van der Waals surface area contributed by atoms with Gasteiger partial charge in [0.05, 0.1) is 0 Å². The molecule has 1 N–H and O–H groups in total. The Balaban J connectivity index is 2.43. The normalized spacial score (nSPS) is 10.7. The smallest absolute Gasteiger partial charge is 0.226 e. The highest BCUT2D eigenvalue weighted by atomic mass is 35.5. The van der Waals surface area contributed by atoms with E-state index in [9.17, 15) is 4.79 Å². The van der Waals surface area contributed by atoms with E-state index in [0.29, 0.717) is 5.02 Å². The van der Waals surface area contributed by atoms with E-state index in [4.69, 9.17) is 11.6 Å². The molecule has 2 rings (SSSR count). The number of carbonyl (C=O) groups is 1. The molecule has 104 valence electrons. The minimum atomic E-state index is -0.0469. The minimum absolute atomic E-state index is 0.0177. The predicted molar refractivity (Wildman–Crippen MR) is 85.1 cm³/mol. The van der Waals surface area contributed by atoms with Gasteiger partial charge in [0.2, 0.25) is 5.91 Å². The summed E-state index contributed by atoms with van der Waals surface area (Å²) in [5, 5.41) is 3.68. The second kappa shape index (κ2) is 6.10. The third kappa shape index (κ3) is 3.40. The molecule has 0 saturated heterocycles. The van der Waals surface area contributed by atoms with Gasteiger partial charge >= 0.3 is 0 Å². The third-order valence-corrected chi connectivity index (χ3v) is 3.36. The average Bonchev–Trinajstić information content (AvgIpc) is 2.41. The van der Waals surface area contributed by atoms with Gasteiger partial charge < -0.3 is 5.32 Å². The average molecular weight is 288 g/mol. The Morgan fingerprint density at radius 1 is 1.10 bits per heavy atom. The van der Waals surface area contributed by atoms with Crippen LogP contribution in [0.1, 0.15) is 19.4 Å². The van der Waals surface area contributed by atoms with Crippen molar-refractivity contribution in [1.82, 2.24) is 0 Å². The Morgan fingerprint density at radius 3 is 2.35 bits per heavy atom. The summed E-state index contributed by atoms with van der Waals surface area (Å²) < 4.78 is 0. The van der Waals surface area contributed by atoms with Crippen LogP contribution in [0.3, 0.4) is 0 Å². The molecule has 0 atom stereocenters. The van der Waals surface area contributed by atoms with Crippen molar-refractivity contribution in [3.8, 4) is 11.1 Å². The van der Waals surface area contributed by atoms with Crippen LogP contribution in [0.5, 0.6) is 0 Å². The number of rotatable bonds is 3. The zero-order valence-electron chi connectivity index (χ0n) is 11.9. The lowest BCUT2D eigenvalue weighted by atomic mass is 10.0. The van der Waals surface area contributed by atoms with Gasteiger partial charge in [-0.25, -0.2) is 0 Å². The quantitative estimate of drug-likeness (QED) is 0.854. The molecule has 2 aromatic rings. The predicted octanol–water partition coefficient (Wildman–Crippen LogP) is 4.91. The molecule has 0 spiro atoms. The first kappa shape index (κ1) is 14.6. The van der Waals surface area contributed by atoms with Crippen LogP contribution in [0.4, 0.5) is 5.69 Å². The number of anilines is 1. The van der Waals surface area contributed by atoms with Crippen LogP contribution in [-0.2, 0) is 4.79 Å². The zero-order valence-corrected chi connectivity index (χ0v) is 12.7. The van der Waals surface area contributed by atoms with Gasteiger partial charge in [-0.05, 0) is 36.8 Å². The summed E-state index contributed by atoms with van der Waals surface area (Å²) in [5.41, 5.74) is 4.03. The van der Waals surface area contributed by atoms with Gasteiger partial charge in [-0.15, -0.1) is 0 Å². The standard InChI is InChI=1S/C17H18ClNO/c1-11(2)17(20)19-16-9-4-12(3)10-15(16)13-5-7-14(18)8-6-13/h4-11H,1-3H3,(H,19,20). The van der Waals surface area contributed by atoms with E-state index in [-0.39, 0.29) is 11.8 Å². The summed E-state index contributed by atoms with van der Waals surface area (Å²) in [6.07, 6.45) is 0. The molecule has 2 nitrogen and oxygen atoms in total. The number of amides is 1. The maximum Gasteiger partial charge on any atom is 0.226 e. The van der Waals surface area contributed by atoms with E-state index in [1.807, 2.05) is 57.2 Å². The Labute approximate surface area is 124 Å². The van der Waals surface area contributed by atoms with Crippen molar-refractivity contribution >= 4 is 23.2 Å². The molecule has 0 aliphatic rings. The highest BCUT2D eigenvalue weighted by Crippen LogP contribution is 2.30. The van der Waals surface area contributed by atoms with Gasteiger partial charge in [0.25, 0.3) is 0 Å². The molecule has 0 bridgehead atoms. The van der Waals surface area contributed by atoms with Crippen LogP contribution in [0.15, 0.2) is 42.5 Å². The first-order valence-electron chi connectivity index (χ1n) is 6.65. The van der Waals surface area contributed by atoms with Gasteiger partial charge in [-0.1, -0.05) is 49.2 Å². The first-order chi connectivity index (χ1) is 9.47. The molecule has 0 aliphatic heterocycles. The maximum atomic E-state index is 11.9. The summed E-state index contributed by atoms with van der Waals surface area (Å²) in [6.45, 7) is 5.80. The Bertz CT molecular complexity index is 617. The monoisotopic (exact) mass is 287 g/mol. The van der Waals surface area contributed by atoms with Crippen molar-refractivity contribution in [2.24, 2.45) is 5.92 Å². The molecule has 0 unspecified atom stereocenters. The second-order valence-electron chi connectivity index (χ2n) is 5.20. The number of hydrogen-bond donors (Lipinski definition) is 1. The van der Waals surface area contributed by atoms with E-state index in [2.05, 4.69) is 11.4 Å². The molecular formula is C17H18ClNO. The third-order valence-electron chi connectivity index (χ3n) is 3.11. The van der Waals surface area contributed by atoms with Crippen LogP contribution in [0.25, 0.3) is 11.1 Å². The SMILES string of the molecule is Cc1ccc(NC(=O)C(C)C)c(-c2ccc(Cl)cc2)c1. The molecule has 0 heterocycles. The Hall–Kier alpha value is -1.80. The van der Waals surface area contributed by atoms with Crippen molar-refractivity contribution in [1.29, 1.82) is 0 Å². The van der Waals surface area contributed by atoms with Gasteiger partial charge in [0, 0.05) is 22.2 Å². The van der Waals surface area contributed by atoms with Crippen molar-refractivity contribution in [2.75, 3.05) is 5.32 Å². The Morgan fingerprint density at radius 2 is 1.75 bits per heavy atom. The van der Waals surface area contributed by atoms with Crippen molar-refractivity contribution in [2.45, 2.75) is 20.8 Å². The number of nitrogens with one attached hydrogen (secondary N) is 1. The molecular weight excluding hydrogens is 270 g/mol. The topological polar surface area (TPSA) is 29.1 Å². The summed E-state index contributed by atoms with van der Waals surface area (Å²) >= 11 is 5.93. The lowest BCUT2D eigenvalue weighted by Crippen LogP contribution is -2.18. The zero-order chi connectivity index (χ0) is 14.7. The van der Waals surface area contributed by atoms with Gasteiger partial charge in [-0.2, -0.15) is 0 Å². The van der Waals surface area contributed by atoms with Gasteiger partial charge in [0.15, 0.2) is 0 Å². The number of halogens is 1. The lowest BCUT2D eigenvalue weighted by molar-refractivity contribution is -0.118. The second-order valence-corrected chi connectivity index (χ2v) is 5.64. The molecule has 3 heteroatoms. The van der Waals surface area contributed by atoms with E-state index < -0.39 is 0 Å². The van der Waals surface area contributed by atoms with Gasteiger partial charge in [0.1, 0.15) is 0 Å². The fourth-order valence-corrected chi connectivity index (χ4v) is 2.04. The largest absolute Gasteiger partial charge is 0.325 e. The highest BCUT2D eigenvalue weighted by molar-refractivity contribution is 6.30. The van der Waals surface area contributed by atoms with Crippen LogP contribution < -0.4 is 5.32 Å². The van der Waals surface area contributed by atoms with Crippen LogP contribution >= 0.6 is 11.6 Å². The fraction of sp³-hybridized carbons (Fsp3) is 0.235. The first-order valence-corrected chi connectivity index (χ1v) is 7.02. The van der Waals surface area contributed by atoms with Crippen molar-refractivity contribution in [3.05, 3.63) is 53.1 Å². The Kier molecular flexibility index (Phi) is 4.46. The maximum absolute atomic E-state index is 11.9. The number of benzene rings is 2. The number of aryl methyl sites for hydroxylation is 1. The van der Waals surface area contributed by atoms with Crippen LogP contribution in [-0.4, -0.2) is 5.91 Å². The summed E-state index contributed by atoms with van der Waals surface area (Å²) in [4.78, 5) is 11.9. The molecule has 2 aromatic carbocycles. The molecule has 0 fully saturated rings. The van der Waals surface area contributed by atoms with Crippen molar-refractivity contribution < 1.29 is 4.79 Å². The fourth-order valence-electron chi connectivity index (χ4n) is 1.91. The summed E-state index contributed by atoms with van der Waals surface area (Å²) in [6, 6.07) is 13.6. The molecule has 20 heavy (non-hydrogen) atoms. The number of carbonyl (C=O) groups excluding carboxylic acids is 1. The minimum Gasteiger partial charge on any atom is -0.325 e. The van der Waals surface area contributed by atoms with Crippen LogP contribution in [0, 0.1) is 12.8 Å². The molecule has 0 aliphatic carbocycles. The van der Waals surface area contributed by atoms with E-state index in [0.717, 1.165) is 22.4 Å². The molecule has 0 saturated carbocycles. The number of hydrogen-bond acceptors (Lipinski definition) is 1. The van der Waals surface area contributed by atoms with Gasteiger partial charge in [-0.3, -0.25) is 4.79 Å². The molecule has 0 radical (unpaired) electrons. The highest BCUT2D eigenvalue weighted by Gasteiger charge is 2.11. The van der Waals surface area contributed by atoms with E-state index in [1.165, 1.54) is 0 Å². The van der Waals surface area contributed by atoms with E-state index >= 15 is 0 Å². The summed E-state index contributed by atoms with van der Waals surface area (Å²) in [7, 11) is 0. The molecule has 1 amide bonds. The van der Waals surface area contributed by atoms with E-state index in [1.54, 1.807) is 0 Å². The van der Waals surface area contributed by atoms with Crippen LogP contribution in [0.2, 0.25) is 5.02 Å².